The van der Waals surface area contributed by atoms with Crippen molar-refractivity contribution in [3.63, 3.8) is 0 Å². The maximum absolute atomic E-state index is 14.6. The second-order valence-corrected chi connectivity index (χ2v) is 8.13. The van der Waals surface area contributed by atoms with E-state index in [0.717, 1.165) is 42.1 Å². The fraction of sp³-hybridized carbons (Fsp3) is 0.500. The molecule has 150 valence electrons. The van der Waals surface area contributed by atoms with Gasteiger partial charge in [-0.3, -0.25) is 0 Å². The molecule has 0 saturated heterocycles. The molecule has 0 radical (unpaired) electrons. The highest BCUT2D eigenvalue weighted by molar-refractivity contribution is 5.67. The van der Waals surface area contributed by atoms with Crippen molar-refractivity contribution in [1.82, 2.24) is 0 Å². The van der Waals surface area contributed by atoms with E-state index in [4.69, 9.17) is 14.2 Å². The normalized spacial score (nSPS) is 24.3. The van der Waals surface area contributed by atoms with Crippen LogP contribution in [0.15, 0.2) is 36.4 Å². The number of halogens is 1. The zero-order valence-electron chi connectivity index (χ0n) is 16.7. The van der Waals surface area contributed by atoms with E-state index in [1.807, 2.05) is 31.2 Å². The lowest BCUT2D eigenvalue weighted by atomic mass is 9.82. The van der Waals surface area contributed by atoms with Gasteiger partial charge in [-0.25, -0.2) is 4.39 Å². The molecule has 28 heavy (non-hydrogen) atoms. The monoisotopic (exact) mass is 384 g/mol. The Balaban J connectivity index is 1.48. The molecule has 1 atom stereocenters. The van der Waals surface area contributed by atoms with Gasteiger partial charge in [0.05, 0.1) is 13.2 Å². The zero-order valence-corrected chi connectivity index (χ0v) is 16.7. The van der Waals surface area contributed by atoms with Gasteiger partial charge in [0, 0.05) is 23.1 Å². The van der Waals surface area contributed by atoms with Crippen LogP contribution in [0.4, 0.5) is 4.39 Å². The predicted octanol–water partition coefficient (Wildman–Crippen LogP) is 6.34. The molecule has 0 bridgehead atoms. The van der Waals surface area contributed by atoms with Gasteiger partial charge in [-0.1, -0.05) is 32.8 Å². The first-order chi connectivity index (χ1) is 13.6. The Labute approximate surface area is 166 Å². The maximum atomic E-state index is 14.6. The highest BCUT2D eigenvalue weighted by Crippen LogP contribution is 2.38. The molecule has 0 amide bonds. The SMILES string of the molecule is CCCOc1ccc(-c2ccc3c(c2)COC(C2CCC(C)CC2)O3)c(F)c1. The Hall–Kier alpha value is -2.07. The first-order valence-electron chi connectivity index (χ1n) is 10.5. The molecular weight excluding hydrogens is 355 g/mol. The summed E-state index contributed by atoms with van der Waals surface area (Å²) in [7, 11) is 0. The third-order valence-corrected chi connectivity index (χ3v) is 5.88. The van der Waals surface area contributed by atoms with Crippen molar-refractivity contribution in [2.24, 2.45) is 11.8 Å². The summed E-state index contributed by atoms with van der Waals surface area (Å²) in [6, 6.07) is 10.9. The summed E-state index contributed by atoms with van der Waals surface area (Å²) < 4.78 is 32.3. The molecule has 2 aromatic rings. The zero-order chi connectivity index (χ0) is 19.5. The summed E-state index contributed by atoms with van der Waals surface area (Å²) in [6.07, 6.45) is 5.56. The molecule has 1 unspecified atom stereocenters. The molecule has 0 N–H and O–H groups in total. The van der Waals surface area contributed by atoms with Crippen molar-refractivity contribution < 1.29 is 18.6 Å². The smallest absolute Gasteiger partial charge is 0.203 e. The van der Waals surface area contributed by atoms with Gasteiger partial charge in [-0.15, -0.1) is 0 Å². The van der Waals surface area contributed by atoms with Crippen LogP contribution in [-0.4, -0.2) is 12.9 Å². The van der Waals surface area contributed by atoms with Crippen LogP contribution >= 0.6 is 0 Å². The minimum Gasteiger partial charge on any atom is -0.494 e. The van der Waals surface area contributed by atoms with Crippen LogP contribution in [0, 0.1) is 17.7 Å². The van der Waals surface area contributed by atoms with Crippen LogP contribution < -0.4 is 9.47 Å². The lowest BCUT2D eigenvalue weighted by Gasteiger charge is -2.35. The van der Waals surface area contributed by atoms with Gasteiger partial charge in [-0.05, 0) is 55.0 Å². The Bertz CT molecular complexity index is 811. The van der Waals surface area contributed by atoms with Gasteiger partial charge < -0.3 is 14.2 Å². The van der Waals surface area contributed by atoms with Crippen LogP contribution in [-0.2, 0) is 11.3 Å². The van der Waals surface area contributed by atoms with Crippen LogP contribution in [0.5, 0.6) is 11.5 Å². The topological polar surface area (TPSA) is 27.7 Å². The van der Waals surface area contributed by atoms with Crippen molar-refractivity contribution >= 4 is 0 Å². The molecule has 1 fully saturated rings. The van der Waals surface area contributed by atoms with Crippen LogP contribution in [0.2, 0.25) is 0 Å². The van der Waals surface area contributed by atoms with Gasteiger partial charge in [-0.2, -0.15) is 0 Å². The highest BCUT2D eigenvalue weighted by Gasteiger charge is 2.31. The van der Waals surface area contributed by atoms with E-state index in [2.05, 4.69) is 6.92 Å². The number of hydrogen-bond acceptors (Lipinski definition) is 3. The molecule has 3 nitrogen and oxygen atoms in total. The second-order valence-electron chi connectivity index (χ2n) is 8.13. The molecule has 0 aromatic heterocycles. The van der Waals surface area contributed by atoms with Crippen LogP contribution in [0.3, 0.4) is 0 Å². The van der Waals surface area contributed by atoms with E-state index in [-0.39, 0.29) is 12.1 Å². The summed E-state index contributed by atoms with van der Waals surface area (Å²) in [5, 5.41) is 0. The van der Waals surface area contributed by atoms with E-state index < -0.39 is 0 Å². The largest absolute Gasteiger partial charge is 0.494 e. The van der Waals surface area contributed by atoms with Crippen molar-refractivity contribution in [3.8, 4) is 22.6 Å². The van der Waals surface area contributed by atoms with Gasteiger partial charge >= 0.3 is 0 Å². The Morgan fingerprint density at radius 2 is 1.89 bits per heavy atom. The predicted molar refractivity (Wildman–Crippen MR) is 108 cm³/mol. The standard InChI is InChI=1S/C24H29FO3/c1-3-12-26-20-9-10-21(22(25)14-20)18-8-11-23-19(13-18)15-27-24(28-23)17-6-4-16(2)5-7-17/h8-11,13-14,16-17,24H,3-7,12,15H2,1-2H3. The molecule has 4 rings (SSSR count). The van der Waals surface area contributed by atoms with Crippen molar-refractivity contribution in [3.05, 3.63) is 47.8 Å². The number of fused-ring (bicyclic) bond motifs is 1. The molecular formula is C24H29FO3. The van der Waals surface area contributed by atoms with Crippen molar-refractivity contribution in [2.45, 2.75) is 58.8 Å². The average molecular weight is 384 g/mol. The third kappa shape index (κ3) is 4.17. The van der Waals surface area contributed by atoms with Crippen molar-refractivity contribution in [2.75, 3.05) is 6.61 Å². The quantitative estimate of drug-likeness (QED) is 0.602. The summed E-state index contributed by atoms with van der Waals surface area (Å²) in [6.45, 7) is 5.45. The molecule has 2 aromatic carbocycles. The van der Waals surface area contributed by atoms with E-state index in [0.29, 0.717) is 30.4 Å². The molecule has 4 heteroatoms. The van der Waals surface area contributed by atoms with Gasteiger partial charge in [0.2, 0.25) is 6.29 Å². The summed E-state index contributed by atoms with van der Waals surface area (Å²) >= 11 is 0. The van der Waals surface area contributed by atoms with Gasteiger partial charge in [0.15, 0.2) is 0 Å². The summed E-state index contributed by atoms with van der Waals surface area (Å²) in [5.74, 6) is 2.43. The molecule has 1 aliphatic heterocycles. The lowest BCUT2D eigenvalue weighted by molar-refractivity contribution is -0.148. The summed E-state index contributed by atoms with van der Waals surface area (Å²) in [4.78, 5) is 0. The third-order valence-electron chi connectivity index (χ3n) is 5.88. The lowest BCUT2D eigenvalue weighted by Crippen LogP contribution is -2.35. The second kappa shape index (κ2) is 8.52. The number of hydrogen-bond donors (Lipinski definition) is 0. The minimum atomic E-state index is -0.277. The average Bonchev–Trinajstić information content (AvgIpc) is 2.72. The molecule has 1 aliphatic carbocycles. The Morgan fingerprint density at radius 3 is 2.64 bits per heavy atom. The van der Waals surface area contributed by atoms with E-state index in [1.165, 1.54) is 18.9 Å². The number of rotatable bonds is 5. The Morgan fingerprint density at radius 1 is 1.07 bits per heavy atom. The van der Waals surface area contributed by atoms with E-state index in [1.54, 1.807) is 6.07 Å². The molecule has 2 aliphatic rings. The van der Waals surface area contributed by atoms with Crippen molar-refractivity contribution in [1.29, 1.82) is 0 Å². The van der Waals surface area contributed by atoms with Gasteiger partial charge in [0.25, 0.3) is 0 Å². The molecule has 1 saturated carbocycles. The summed E-state index contributed by atoms with van der Waals surface area (Å²) in [5.41, 5.74) is 2.37. The number of benzene rings is 2. The van der Waals surface area contributed by atoms with E-state index >= 15 is 0 Å². The highest BCUT2D eigenvalue weighted by atomic mass is 19.1. The molecule has 1 heterocycles. The minimum absolute atomic E-state index is 0.155. The fourth-order valence-corrected chi connectivity index (χ4v) is 4.14. The van der Waals surface area contributed by atoms with Crippen LogP contribution in [0.25, 0.3) is 11.1 Å². The fourth-order valence-electron chi connectivity index (χ4n) is 4.14. The number of ether oxygens (including phenoxy) is 3. The molecule has 0 spiro atoms. The first-order valence-corrected chi connectivity index (χ1v) is 10.5. The maximum Gasteiger partial charge on any atom is 0.203 e. The Kier molecular flexibility index (Phi) is 5.86. The van der Waals surface area contributed by atoms with E-state index in [9.17, 15) is 4.39 Å². The van der Waals surface area contributed by atoms with Gasteiger partial charge in [0.1, 0.15) is 17.3 Å². The van der Waals surface area contributed by atoms with Crippen LogP contribution in [0.1, 0.15) is 51.5 Å². The first kappa shape index (κ1) is 19.3.